The molecule has 0 bridgehead atoms. The molecule has 3 aliphatic carbocycles. The lowest BCUT2D eigenvalue weighted by Crippen LogP contribution is -2.62. The Morgan fingerprint density at radius 1 is 0.341 bits per heavy atom. The predicted molar refractivity (Wildman–Crippen MR) is 381 cm³/mol. The summed E-state index contributed by atoms with van der Waals surface area (Å²) in [5.41, 5.74) is 30.8. The maximum atomic E-state index is 2.88. The molecule has 0 amide bonds. The highest BCUT2D eigenvalue weighted by Gasteiger charge is 2.59. The Labute approximate surface area is 530 Å². The van der Waals surface area contributed by atoms with Crippen LogP contribution in [0.3, 0.4) is 0 Å². The van der Waals surface area contributed by atoms with Crippen molar-refractivity contribution in [2.75, 3.05) is 14.7 Å². The fourth-order valence-electron chi connectivity index (χ4n) is 17.4. The standard InChI is InChI=1S/C84H98BN3/c1-76(2,3)56-30-27-53(28-31-56)55-29-37-70-66(45-55)83(18)39-23-24-40-84(83,19)88(70)60-49-73-75-74(50-60)87(69-38-33-57(77(4,5)6)46-61(69)54-25-21-20-22-26-54)71-47-58(78(7,8)9)32-36-67(71)85(75)68-51-64-65(82(16,17)44-43-81(64,14)15)52-72(68)86(73)59-34-35-62-63(48-59)80(12,13)42-41-79(62,10)11/h20-22,25-38,45-52H,23-24,39-44H2,1-19H3. The van der Waals surface area contributed by atoms with Crippen molar-refractivity contribution in [3.05, 3.63) is 196 Å². The molecule has 0 radical (unpaired) electrons. The van der Waals surface area contributed by atoms with Crippen LogP contribution < -0.4 is 31.1 Å². The van der Waals surface area contributed by atoms with Crippen molar-refractivity contribution < 1.29 is 0 Å². The van der Waals surface area contributed by atoms with Gasteiger partial charge in [-0.05, 0) is 222 Å². The van der Waals surface area contributed by atoms with Crippen LogP contribution in [0.2, 0.25) is 0 Å². The lowest BCUT2D eigenvalue weighted by molar-refractivity contribution is 0.195. The summed E-state index contributed by atoms with van der Waals surface area (Å²) < 4.78 is 0. The fraction of sp³-hybridized carbons (Fsp3) is 0.429. The molecular weight excluding hydrogens is 1060 g/mol. The molecule has 8 aromatic rings. The number of hydrogen-bond donors (Lipinski definition) is 0. The van der Waals surface area contributed by atoms with Crippen molar-refractivity contribution >= 4 is 68.6 Å². The van der Waals surface area contributed by atoms with E-state index in [9.17, 15) is 0 Å². The molecule has 3 nitrogen and oxygen atoms in total. The molecule has 8 aromatic carbocycles. The van der Waals surface area contributed by atoms with Crippen molar-refractivity contribution in [3.63, 3.8) is 0 Å². The van der Waals surface area contributed by atoms with Crippen molar-refractivity contribution in [1.29, 1.82) is 0 Å². The maximum absolute atomic E-state index is 2.88. The molecule has 1 saturated carbocycles. The molecule has 2 unspecified atom stereocenters. The average Bonchev–Trinajstić information content (AvgIpc) is 0.920. The Kier molecular flexibility index (Phi) is 13.0. The van der Waals surface area contributed by atoms with E-state index >= 15 is 0 Å². The SMILES string of the molecule is CC(C)(C)c1ccc(-c2ccc3c(c2)C2(C)CCCCC2(C)N3c2cc3c4c(c2)N(c2ccc(C(C)(C)C)cc2-c2ccccc2)c2cc(C(C)(C)C)ccc2B4c2cc4c(cc2N3c2ccc3c(c2)C(C)(C)CCC3(C)C)C(C)(C)CCC4(C)C)cc1. The zero-order valence-corrected chi connectivity index (χ0v) is 57.0. The third-order valence-electron chi connectivity index (χ3n) is 23.6. The first-order chi connectivity index (χ1) is 41.2. The summed E-state index contributed by atoms with van der Waals surface area (Å²) in [6.07, 6.45) is 9.33. The van der Waals surface area contributed by atoms with Gasteiger partial charge in [0.05, 0.1) is 11.2 Å². The molecule has 4 heteroatoms. The summed E-state index contributed by atoms with van der Waals surface area (Å²) in [5.74, 6) is 0. The van der Waals surface area contributed by atoms with Gasteiger partial charge >= 0.3 is 0 Å². The van der Waals surface area contributed by atoms with Gasteiger partial charge in [0.25, 0.3) is 6.71 Å². The van der Waals surface area contributed by atoms with Crippen molar-refractivity contribution in [1.82, 2.24) is 0 Å². The normalized spacial score (nSPS) is 21.8. The molecule has 0 aromatic heterocycles. The minimum atomic E-state index is -0.212. The number of anilines is 8. The van der Waals surface area contributed by atoms with Gasteiger partial charge in [0.15, 0.2) is 0 Å². The Balaban J connectivity index is 1.13. The molecule has 2 atom stereocenters. The third kappa shape index (κ3) is 8.91. The predicted octanol–water partition coefficient (Wildman–Crippen LogP) is 21.4. The molecule has 0 saturated heterocycles. The first-order valence-electron chi connectivity index (χ1n) is 33.7. The first-order valence-corrected chi connectivity index (χ1v) is 33.7. The maximum Gasteiger partial charge on any atom is 0.252 e. The Bertz CT molecular complexity index is 4150. The largest absolute Gasteiger partial charge is 0.334 e. The van der Waals surface area contributed by atoms with Gasteiger partial charge in [0.1, 0.15) is 0 Å². The van der Waals surface area contributed by atoms with Crippen LogP contribution in [0.5, 0.6) is 0 Å². The zero-order chi connectivity index (χ0) is 62.4. The molecular formula is C84H98BN3. The smallest absolute Gasteiger partial charge is 0.252 e. The van der Waals surface area contributed by atoms with Crippen molar-refractivity contribution in [3.8, 4) is 22.3 Å². The lowest BCUT2D eigenvalue weighted by Gasteiger charge is -2.51. The molecule has 0 spiro atoms. The van der Waals surface area contributed by atoms with Gasteiger partial charge in [-0.2, -0.15) is 0 Å². The van der Waals surface area contributed by atoms with Gasteiger partial charge in [0, 0.05) is 50.8 Å². The van der Waals surface area contributed by atoms with E-state index < -0.39 is 0 Å². The molecule has 452 valence electrons. The van der Waals surface area contributed by atoms with Crippen molar-refractivity contribution in [2.24, 2.45) is 0 Å². The zero-order valence-electron chi connectivity index (χ0n) is 57.0. The van der Waals surface area contributed by atoms with Gasteiger partial charge in [-0.3, -0.25) is 0 Å². The second-order valence-corrected chi connectivity index (χ2v) is 34.3. The van der Waals surface area contributed by atoms with Crippen LogP contribution in [0.1, 0.15) is 227 Å². The summed E-state index contributed by atoms with van der Waals surface area (Å²) in [5, 5.41) is 0. The van der Waals surface area contributed by atoms with Gasteiger partial charge in [-0.1, -0.05) is 228 Å². The number of rotatable bonds is 5. The highest BCUT2D eigenvalue weighted by Crippen LogP contribution is 2.63. The monoisotopic (exact) mass is 1160 g/mol. The fourth-order valence-corrected chi connectivity index (χ4v) is 17.4. The van der Waals surface area contributed by atoms with E-state index in [4.69, 9.17) is 0 Å². The van der Waals surface area contributed by atoms with E-state index in [1.54, 1.807) is 0 Å². The minimum absolute atomic E-state index is 0.00339. The molecule has 14 rings (SSSR count). The van der Waals surface area contributed by atoms with Crippen LogP contribution in [0.15, 0.2) is 152 Å². The summed E-state index contributed by atoms with van der Waals surface area (Å²) >= 11 is 0. The van der Waals surface area contributed by atoms with Crippen LogP contribution in [0.25, 0.3) is 22.3 Å². The van der Waals surface area contributed by atoms with Gasteiger partial charge in [-0.25, -0.2) is 0 Å². The number of fused-ring (bicyclic) bond motifs is 9. The van der Waals surface area contributed by atoms with Gasteiger partial charge in [0.2, 0.25) is 0 Å². The molecule has 88 heavy (non-hydrogen) atoms. The Morgan fingerprint density at radius 3 is 1.50 bits per heavy atom. The topological polar surface area (TPSA) is 9.72 Å². The van der Waals surface area contributed by atoms with E-state index in [0.717, 1.165) is 32.1 Å². The first kappa shape index (κ1) is 58.9. The summed E-state index contributed by atoms with van der Waals surface area (Å²) in [6.45, 7) is 46.5. The Morgan fingerprint density at radius 2 is 0.864 bits per heavy atom. The molecule has 1 fully saturated rings. The summed E-state index contributed by atoms with van der Waals surface area (Å²) in [4.78, 5) is 8.43. The Hall–Kier alpha value is -6.78. The van der Waals surface area contributed by atoms with Gasteiger partial charge in [-0.15, -0.1) is 0 Å². The van der Waals surface area contributed by atoms with Crippen LogP contribution in [-0.2, 0) is 43.3 Å². The second kappa shape index (κ2) is 19.4. The highest BCUT2D eigenvalue weighted by molar-refractivity contribution is 7.00. The number of nitrogens with zero attached hydrogens (tertiary/aromatic N) is 3. The van der Waals surface area contributed by atoms with Crippen LogP contribution in [0, 0.1) is 0 Å². The third-order valence-corrected chi connectivity index (χ3v) is 23.6. The van der Waals surface area contributed by atoms with E-state index in [1.165, 1.54) is 148 Å². The highest BCUT2D eigenvalue weighted by atomic mass is 15.3. The van der Waals surface area contributed by atoms with Gasteiger partial charge < -0.3 is 14.7 Å². The quantitative estimate of drug-likeness (QED) is 0.159. The summed E-state index contributed by atoms with van der Waals surface area (Å²) in [7, 11) is 0. The number of hydrogen-bond acceptors (Lipinski definition) is 3. The number of benzene rings is 8. The lowest BCUT2D eigenvalue weighted by atomic mass is 9.33. The second-order valence-electron chi connectivity index (χ2n) is 34.3. The molecule has 6 aliphatic rings. The van der Waals surface area contributed by atoms with Crippen LogP contribution >= 0.6 is 0 Å². The molecule has 3 heterocycles. The minimum Gasteiger partial charge on any atom is -0.334 e. The molecule has 0 N–H and O–H groups in total. The van der Waals surface area contributed by atoms with Crippen molar-refractivity contribution in [2.45, 2.75) is 232 Å². The van der Waals surface area contributed by atoms with E-state index in [0.29, 0.717) is 0 Å². The van der Waals surface area contributed by atoms with E-state index in [-0.39, 0.29) is 55.6 Å². The van der Waals surface area contributed by atoms with Crippen LogP contribution in [-0.4, -0.2) is 12.3 Å². The van der Waals surface area contributed by atoms with Crippen LogP contribution in [0.4, 0.5) is 45.5 Å². The van der Waals surface area contributed by atoms with E-state index in [2.05, 4.69) is 298 Å². The van der Waals surface area contributed by atoms with E-state index in [1.807, 2.05) is 0 Å². The molecule has 3 aliphatic heterocycles. The summed E-state index contributed by atoms with van der Waals surface area (Å²) in [6, 6.07) is 61.9. The average molecular weight is 1160 g/mol.